The second kappa shape index (κ2) is 7.66. The third kappa shape index (κ3) is 3.63. The number of para-hydroxylation sites is 1. The second-order valence-corrected chi connectivity index (χ2v) is 6.07. The number of hydrogen-bond acceptors (Lipinski definition) is 1. The van der Waals surface area contributed by atoms with Crippen molar-refractivity contribution in [3.8, 4) is 0 Å². The summed E-state index contributed by atoms with van der Waals surface area (Å²) in [5.41, 5.74) is 9.78. The lowest BCUT2D eigenvalue weighted by molar-refractivity contribution is -0.411. The van der Waals surface area contributed by atoms with Crippen LogP contribution in [-0.4, -0.2) is 13.1 Å². The predicted octanol–water partition coefficient (Wildman–Crippen LogP) is 0.321. The number of benzene rings is 2. The summed E-state index contributed by atoms with van der Waals surface area (Å²) >= 11 is 0. The quantitative estimate of drug-likeness (QED) is 0.869. The van der Waals surface area contributed by atoms with E-state index in [0.29, 0.717) is 0 Å². The van der Waals surface area contributed by atoms with E-state index < -0.39 is 0 Å². The predicted molar refractivity (Wildman–Crippen MR) is 88.4 cm³/mol. The van der Waals surface area contributed by atoms with Crippen molar-refractivity contribution < 1.29 is 18.1 Å². The average Bonchev–Trinajstić information content (AvgIpc) is 2.55. The topological polar surface area (TPSA) is 30.9 Å². The molecule has 2 aromatic carbocycles. The number of halogens is 1. The number of rotatable bonds is 3. The highest BCUT2D eigenvalue weighted by molar-refractivity contribution is 5.56. The molecule has 22 heavy (non-hydrogen) atoms. The molecular weight excluding hydrogens is 292 g/mol. The maximum Gasteiger partial charge on any atom is 0.138 e. The molecule has 0 spiro atoms. The molecular formula is C19H25ClN2. The van der Waals surface area contributed by atoms with Crippen molar-refractivity contribution >= 4 is 5.69 Å². The molecule has 1 aliphatic heterocycles. The average molecular weight is 317 g/mol. The Labute approximate surface area is 139 Å². The standard InChI is InChI=1S/C19H24N2.ClH/c1-15-8-7-9-16(14-15)19(20)17-10-3-4-11-18(17)21-12-5-2-6-13-21;/h3-4,7-11,14,19H,2,5-6,12-13,20H2,1H3;1H. The van der Waals surface area contributed by atoms with Crippen LogP contribution in [0.3, 0.4) is 0 Å². The molecule has 3 rings (SSSR count). The first-order valence-corrected chi connectivity index (χ1v) is 7.99. The van der Waals surface area contributed by atoms with Crippen molar-refractivity contribution in [2.24, 2.45) is 0 Å². The van der Waals surface area contributed by atoms with Gasteiger partial charge >= 0.3 is 0 Å². The van der Waals surface area contributed by atoms with Gasteiger partial charge in [-0.05, 0) is 38.3 Å². The van der Waals surface area contributed by atoms with Crippen LogP contribution >= 0.6 is 0 Å². The van der Waals surface area contributed by atoms with Gasteiger partial charge in [-0.3, -0.25) is 0 Å². The van der Waals surface area contributed by atoms with Gasteiger partial charge in [-0.25, -0.2) is 0 Å². The molecule has 0 aliphatic carbocycles. The molecule has 0 amide bonds. The van der Waals surface area contributed by atoms with Gasteiger partial charge in [-0.1, -0.05) is 42.0 Å². The number of hydrogen-bond donors (Lipinski definition) is 1. The number of anilines is 1. The van der Waals surface area contributed by atoms with E-state index in [-0.39, 0.29) is 18.4 Å². The first-order valence-electron chi connectivity index (χ1n) is 7.99. The van der Waals surface area contributed by atoms with Crippen LogP contribution in [-0.2, 0) is 0 Å². The van der Waals surface area contributed by atoms with Gasteiger partial charge in [0.15, 0.2) is 0 Å². The molecule has 0 saturated carbocycles. The van der Waals surface area contributed by atoms with Gasteiger partial charge in [0, 0.05) is 29.9 Å². The van der Waals surface area contributed by atoms with Crippen molar-refractivity contribution in [2.75, 3.05) is 18.0 Å². The number of piperidine rings is 1. The van der Waals surface area contributed by atoms with Gasteiger partial charge in [0.1, 0.15) is 6.04 Å². The summed E-state index contributed by atoms with van der Waals surface area (Å²) < 4.78 is 0. The summed E-state index contributed by atoms with van der Waals surface area (Å²) in [6, 6.07) is 17.7. The van der Waals surface area contributed by atoms with Gasteiger partial charge in [-0.2, -0.15) is 0 Å². The van der Waals surface area contributed by atoms with Crippen molar-refractivity contribution in [1.29, 1.82) is 0 Å². The monoisotopic (exact) mass is 316 g/mol. The van der Waals surface area contributed by atoms with E-state index in [1.165, 1.54) is 54.7 Å². The van der Waals surface area contributed by atoms with Crippen molar-refractivity contribution in [2.45, 2.75) is 32.2 Å². The van der Waals surface area contributed by atoms with E-state index in [1.807, 2.05) is 0 Å². The molecule has 0 bridgehead atoms. The van der Waals surface area contributed by atoms with Gasteiger partial charge in [-0.15, -0.1) is 0 Å². The minimum Gasteiger partial charge on any atom is -1.00 e. The van der Waals surface area contributed by atoms with Gasteiger partial charge < -0.3 is 23.0 Å². The Hall–Kier alpha value is -1.51. The number of nitrogens with zero attached hydrogens (tertiary/aromatic N) is 1. The molecule has 2 aromatic rings. The Kier molecular flexibility index (Phi) is 5.87. The minimum atomic E-state index is 0. The van der Waals surface area contributed by atoms with Crippen molar-refractivity contribution in [1.82, 2.24) is 0 Å². The normalized spacial score (nSPS) is 16.0. The van der Waals surface area contributed by atoms with Crippen LogP contribution in [0.4, 0.5) is 5.69 Å². The molecule has 0 radical (unpaired) electrons. The first-order chi connectivity index (χ1) is 10.3. The third-order valence-electron chi connectivity index (χ3n) is 4.45. The molecule has 2 nitrogen and oxygen atoms in total. The second-order valence-electron chi connectivity index (χ2n) is 6.07. The Bertz CT molecular complexity index is 606. The maximum absolute atomic E-state index is 4.45. The molecule has 118 valence electrons. The Balaban J connectivity index is 0.00000176. The van der Waals surface area contributed by atoms with Gasteiger partial charge in [0.25, 0.3) is 0 Å². The third-order valence-corrected chi connectivity index (χ3v) is 4.45. The highest BCUT2D eigenvalue weighted by Crippen LogP contribution is 2.30. The summed E-state index contributed by atoms with van der Waals surface area (Å²) in [7, 11) is 0. The van der Waals surface area contributed by atoms with Gasteiger partial charge in [0.2, 0.25) is 0 Å². The SMILES string of the molecule is Cc1cccc(C([NH3+])c2ccccc2N2CCCCC2)c1.[Cl-]. The number of aryl methyl sites for hydroxylation is 1. The van der Waals surface area contributed by atoms with E-state index in [0.717, 1.165) is 0 Å². The minimum absolute atomic E-state index is 0. The Morgan fingerprint density at radius 3 is 2.41 bits per heavy atom. The lowest BCUT2D eigenvalue weighted by Gasteiger charge is -2.31. The molecule has 3 heteroatoms. The van der Waals surface area contributed by atoms with Crippen LogP contribution in [0.5, 0.6) is 0 Å². The van der Waals surface area contributed by atoms with Crippen LogP contribution in [0.15, 0.2) is 48.5 Å². The summed E-state index contributed by atoms with van der Waals surface area (Å²) in [4.78, 5) is 2.53. The van der Waals surface area contributed by atoms with Crippen LogP contribution in [0, 0.1) is 6.92 Å². The van der Waals surface area contributed by atoms with E-state index in [9.17, 15) is 0 Å². The van der Waals surface area contributed by atoms with Crippen LogP contribution in [0.25, 0.3) is 0 Å². The number of quaternary nitrogens is 1. The maximum atomic E-state index is 4.45. The van der Waals surface area contributed by atoms with E-state index in [2.05, 4.69) is 66.1 Å². The summed E-state index contributed by atoms with van der Waals surface area (Å²) in [5.74, 6) is 0. The van der Waals surface area contributed by atoms with E-state index in [4.69, 9.17) is 0 Å². The Morgan fingerprint density at radius 2 is 1.68 bits per heavy atom. The zero-order valence-electron chi connectivity index (χ0n) is 13.3. The zero-order chi connectivity index (χ0) is 14.7. The van der Waals surface area contributed by atoms with Crippen LogP contribution < -0.4 is 23.0 Å². The zero-order valence-corrected chi connectivity index (χ0v) is 14.0. The Morgan fingerprint density at radius 1 is 0.955 bits per heavy atom. The molecule has 3 N–H and O–H groups in total. The summed E-state index contributed by atoms with van der Waals surface area (Å²) in [6.45, 7) is 4.50. The highest BCUT2D eigenvalue weighted by atomic mass is 35.5. The molecule has 1 fully saturated rings. The molecule has 0 aromatic heterocycles. The van der Waals surface area contributed by atoms with Crippen LogP contribution in [0.2, 0.25) is 0 Å². The van der Waals surface area contributed by atoms with Gasteiger partial charge in [0.05, 0.1) is 0 Å². The molecule has 1 aliphatic rings. The lowest BCUT2D eigenvalue weighted by Crippen LogP contribution is -3.00. The fourth-order valence-electron chi connectivity index (χ4n) is 3.27. The molecule has 1 heterocycles. The molecule has 1 atom stereocenters. The lowest BCUT2D eigenvalue weighted by atomic mass is 9.95. The van der Waals surface area contributed by atoms with E-state index in [1.54, 1.807) is 0 Å². The smallest absolute Gasteiger partial charge is 0.138 e. The first kappa shape index (κ1) is 16.9. The van der Waals surface area contributed by atoms with Crippen molar-refractivity contribution in [3.63, 3.8) is 0 Å². The molecule has 1 saturated heterocycles. The largest absolute Gasteiger partial charge is 1.00 e. The fourth-order valence-corrected chi connectivity index (χ4v) is 3.27. The highest BCUT2D eigenvalue weighted by Gasteiger charge is 2.20. The fraction of sp³-hybridized carbons (Fsp3) is 0.368. The van der Waals surface area contributed by atoms with E-state index >= 15 is 0 Å². The summed E-state index contributed by atoms with van der Waals surface area (Å²) in [6.07, 6.45) is 3.98. The van der Waals surface area contributed by atoms with Crippen LogP contribution in [0.1, 0.15) is 42.0 Å². The van der Waals surface area contributed by atoms with Crippen molar-refractivity contribution in [3.05, 3.63) is 65.2 Å². The molecule has 1 unspecified atom stereocenters. The summed E-state index contributed by atoms with van der Waals surface area (Å²) in [5, 5.41) is 0.